The third kappa shape index (κ3) is 3.17. The Morgan fingerprint density at radius 1 is 0.920 bits per heavy atom. The predicted molar refractivity (Wildman–Crippen MR) is 95.8 cm³/mol. The van der Waals surface area contributed by atoms with Gasteiger partial charge in [0.15, 0.2) is 5.69 Å². The predicted octanol–water partition coefficient (Wildman–Crippen LogP) is 3.95. The van der Waals surface area contributed by atoms with Crippen LogP contribution in [0.25, 0.3) is 21.7 Å². The molecule has 5 heteroatoms. The molecule has 4 aromatic rings. The van der Waals surface area contributed by atoms with E-state index in [0.29, 0.717) is 5.69 Å². The van der Waals surface area contributed by atoms with Crippen molar-refractivity contribution in [3.8, 4) is 5.75 Å². The topological polar surface area (TPSA) is 64.2 Å². The van der Waals surface area contributed by atoms with Gasteiger partial charge < -0.3 is 9.47 Å². The summed E-state index contributed by atoms with van der Waals surface area (Å²) in [6.07, 6.45) is 0. The summed E-state index contributed by atoms with van der Waals surface area (Å²) in [7, 11) is 0. The SMILES string of the molecule is O=C(OCCOc1ccc2ccccc2c1)c1n[nH]c2ccccc12. The first-order chi connectivity index (χ1) is 12.3. The van der Waals surface area contributed by atoms with Crippen LogP contribution in [-0.4, -0.2) is 29.4 Å². The molecule has 1 N–H and O–H groups in total. The van der Waals surface area contributed by atoms with Crippen molar-refractivity contribution in [1.29, 1.82) is 0 Å². The second-order valence-electron chi connectivity index (χ2n) is 5.61. The van der Waals surface area contributed by atoms with E-state index in [4.69, 9.17) is 9.47 Å². The molecule has 0 saturated carbocycles. The summed E-state index contributed by atoms with van der Waals surface area (Å²) in [6.45, 7) is 0.444. The quantitative estimate of drug-likeness (QED) is 0.444. The molecule has 0 radical (unpaired) electrons. The number of para-hydroxylation sites is 1. The third-order valence-corrected chi connectivity index (χ3v) is 3.97. The minimum absolute atomic E-state index is 0.160. The summed E-state index contributed by atoms with van der Waals surface area (Å²) in [5, 5.41) is 9.87. The minimum Gasteiger partial charge on any atom is -0.490 e. The summed E-state index contributed by atoms with van der Waals surface area (Å²) < 4.78 is 10.9. The van der Waals surface area contributed by atoms with Crippen LogP contribution in [0.1, 0.15) is 10.5 Å². The summed E-state index contributed by atoms with van der Waals surface area (Å²) >= 11 is 0. The second-order valence-corrected chi connectivity index (χ2v) is 5.61. The van der Waals surface area contributed by atoms with E-state index >= 15 is 0 Å². The number of carbonyl (C=O) groups is 1. The maximum absolute atomic E-state index is 12.1. The van der Waals surface area contributed by atoms with Gasteiger partial charge in [-0.3, -0.25) is 5.10 Å². The number of carbonyl (C=O) groups excluding carboxylic acids is 1. The molecule has 0 unspecified atom stereocenters. The molecule has 0 spiro atoms. The molecule has 5 nitrogen and oxygen atoms in total. The Morgan fingerprint density at radius 2 is 1.72 bits per heavy atom. The van der Waals surface area contributed by atoms with Gasteiger partial charge in [-0.2, -0.15) is 5.10 Å². The number of aromatic amines is 1. The van der Waals surface area contributed by atoms with Crippen LogP contribution in [0, 0.1) is 0 Å². The Balaban J connectivity index is 1.35. The van der Waals surface area contributed by atoms with Crippen LogP contribution in [0.4, 0.5) is 0 Å². The average Bonchev–Trinajstić information content (AvgIpc) is 3.09. The van der Waals surface area contributed by atoms with Gasteiger partial charge in [-0.15, -0.1) is 0 Å². The highest BCUT2D eigenvalue weighted by Crippen LogP contribution is 2.20. The molecule has 1 heterocycles. The van der Waals surface area contributed by atoms with Gasteiger partial charge >= 0.3 is 5.97 Å². The van der Waals surface area contributed by atoms with E-state index in [1.165, 1.54) is 0 Å². The molecule has 0 aliphatic carbocycles. The molecule has 0 atom stereocenters. The Morgan fingerprint density at radius 3 is 2.64 bits per heavy atom. The summed E-state index contributed by atoms with van der Waals surface area (Å²) in [5.41, 5.74) is 1.10. The van der Waals surface area contributed by atoms with Crippen LogP contribution in [-0.2, 0) is 4.74 Å². The number of rotatable bonds is 5. The van der Waals surface area contributed by atoms with Crippen LogP contribution in [0.2, 0.25) is 0 Å². The van der Waals surface area contributed by atoms with Crippen molar-refractivity contribution in [2.75, 3.05) is 13.2 Å². The molecule has 0 bridgehead atoms. The number of H-pyrrole nitrogens is 1. The molecule has 0 aliphatic rings. The highest BCUT2D eigenvalue weighted by molar-refractivity contribution is 6.01. The van der Waals surface area contributed by atoms with Gasteiger partial charge in [-0.25, -0.2) is 4.79 Å². The van der Waals surface area contributed by atoms with E-state index in [0.717, 1.165) is 27.4 Å². The molecule has 0 saturated heterocycles. The zero-order valence-corrected chi connectivity index (χ0v) is 13.4. The Hall–Kier alpha value is -3.34. The molecule has 25 heavy (non-hydrogen) atoms. The van der Waals surface area contributed by atoms with E-state index in [2.05, 4.69) is 16.3 Å². The Labute approximate surface area is 144 Å². The average molecular weight is 332 g/mol. The number of benzene rings is 3. The first kappa shape index (κ1) is 15.2. The van der Waals surface area contributed by atoms with Crippen LogP contribution in [0.5, 0.6) is 5.75 Å². The number of nitrogens with zero attached hydrogens (tertiary/aromatic N) is 1. The van der Waals surface area contributed by atoms with E-state index in [1.807, 2.05) is 60.7 Å². The number of fused-ring (bicyclic) bond motifs is 2. The van der Waals surface area contributed by atoms with Crippen molar-refractivity contribution in [3.63, 3.8) is 0 Å². The van der Waals surface area contributed by atoms with Crippen molar-refractivity contribution in [3.05, 3.63) is 72.4 Å². The van der Waals surface area contributed by atoms with Crippen LogP contribution < -0.4 is 4.74 Å². The van der Waals surface area contributed by atoms with Gasteiger partial charge in [-0.1, -0.05) is 48.5 Å². The number of nitrogens with one attached hydrogen (secondary N) is 1. The highest BCUT2D eigenvalue weighted by atomic mass is 16.6. The van der Waals surface area contributed by atoms with Crippen molar-refractivity contribution in [2.45, 2.75) is 0 Å². The number of hydrogen-bond acceptors (Lipinski definition) is 4. The fourth-order valence-electron chi connectivity index (χ4n) is 2.74. The normalized spacial score (nSPS) is 10.9. The van der Waals surface area contributed by atoms with Crippen LogP contribution >= 0.6 is 0 Å². The Bertz CT molecular complexity index is 1040. The first-order valence-corrected chi connectivity index (χ1v) is 8.03. The second kappa shape index (κ2) is 6.65. The van der Waals surface area contributed by atoms with Gasteiger partial charge in [0.05, 0.1) is 5.52 Å². The largest absolute Gasteiger partial charge is 0.490 e. The zero-order chi connectivity index (χ0) is 17.1. The number of aromatic nitrogens is 2. The fourth-order valence-corrected chi connectivity index (χ4v) is 2.74. The van der Waals surface area contributed by atoms with Gasteiger partial charge in [0.1, 0.15) is 19.0 Å². The number of esters is 1. The molecular weight excluding hydrogens is 316 g/mol. The van der Waals surface area contributed by atoms with E-state index in [1.54, 1.807) is 0 Å². The van der Waals surface area contributed by atoms with E-state index in [-0.39, 0.29) is 13.2 Å². The van der Waals surface area contributed by atoms with Gasteiger partial charge in [0, 0.05) is 5.39 Å². The molecule has 0 amide bonds. The van der Waals surface area contributed by atoms with E-state index in [9.17, 15) is 4.79 Å². The lowest BCUT2D eigenvalue weighted by molar-refractivity contribution is 0.0446. The maximum atomic E-state index is 12.1. The van der Waals surface area contributed by atoms with Crippen molar-refractivity contribution in [1.82, 2.24) is 10.2 Å². The van der Waals surface area contributed by atoms with Crippen LogP contribution in [0.15, 0.2) is 66.7 Å². The summed E-state index contributed by atoms with van der Waals surface area (Å²) in [4.78, 5) is 12.1. The van der Waals surface area contributed by atoms with Gasteiger partial charge in [0.2, 0.25) is 0 Å². The zero-order valence-electron chi connectivity index (χ0n) is 13.4. The van der Waals surface area contributed by atoms with Crippen molar-refractivity contribution < 1.29 is 14.3 Å². The summed E-state index contributed by atoms with van der Waals surface area (Å²) in [5.74, 6) is 0.291. The highest BCUT2D eigenvalue weighted by Gasteiger charge is 2.14. The molecule has 0 fully saturated rings. The number of ether oxygens (including phenoxy) is 2. The lowest BCUT2D eigenvalue weighted by atomic mass is 10.1. The molecular formula is C20H16N2O3. The van der Waals surface area contributed by atoms with Crippen molar-refractivity contribution in [2.24, 2.45) is 0 Å². The van der Waals surface area contributed by atoms with Gasteiger partial charge in [-0.05, 0) is 29.0 Å². The fraction of sp³-hybridized carbons (Fsp3) is 0.100. The molecule has 3 aromatic carbocycles. The van der Waals surface area contributed by atoms with Gasteiger partial charge in [0.25, 0.3) is 0 Å². The monoisotopic (exact) mass is 332 g/mol. The first-order valence-electron chi connectivity index (χ1n) is 8.03. The Kier molecular flexibility index (Phi) is 4.04. The standard InChI is InChI=1S/C20H16N2O3/c23-20(19-17-7-3-4-8-18(17)21-22-19)25-12-11-24-16-10-9-14-5-1-2-6-15(14)13-16/h1-10,13H,11-12H2,(H,21,22). The summed E-state index contributed by atoms with van der Waals surface area (Å²) in [6, 6.07) is 21.4. The molecule has 0 aliphatic heterocycles. The molecule has 4 rings (SSSR count). The van der Waals surface area contributed by atoms with Crippen LogP contribution in [0.3, 0.4) is 0 Å². The van der Waals surface area contributed by atoms with Crippen molar-refractivity contribution >= 4 is 27.6 Å². The maximum Gasteiger partial charge on any atom is 0.359 e. The lowest BCUT2D eigenvalue weighted by Crippen LogP contribution is -2.13. The smallest absolute Gasteiger partial charge is 0.359 e. The third-order valence-electron chi connectivity index (χ3n) is 3.97. The minimum atomic E-state index is -0.459. The molecule has 1 aromatic heterocycles. The lowest BCUT2D eigenvalue weighted by Gasteiger charge is -2.08. The number of hydrogen-bond donors (Lipinski definition) is 1. The molecule has 124 valence electrons. The van der Waals surface area contributed by atoms with E-state index < -0.39 is 5.97 Å².